The molecular weight excluding hydrogens is 410 g/mol. The van der Waals surface area contributed by atoms with E-state index in [9.17, 15) is 14.7 Å². The molecule has 1 heterocycles. The molecule has 6 heteroatoms. The van der Waals surface area contributed by atoms with Crippen LogP contribution in [-0.2, 0) is 4.79 Å². The average Bonchev–Trinajstić information content (AvgIpc) is 3.13. The Morgan fingerprint density at radius 3 is 2.81 bits per heavy atom. The highest BCUT2D eigenvalue weighted by Gasteiger charge is 2.57. The zero-order chi connectivity index (χ0) is 22.2. The average molecular weight is 442 g/mol. The lowest BCUT2D eigenvalue weighted by Gasteiger charge is -2.62. The number of allylic oxidation sites excluding steroid dienone is 2. The first-order valence-corrected chi connectivity index (χ1v) is 12.0. The van der Waals surface area contributed by atoms with E-state index in [4.69, 9.17) is 5.11 Å². The summed E-state index contributed by atoms with van der Waals surface area (Å²) >= 11 is 1.52. The van der Waals surface area contributed by atoms with Crippen LogP contribution in [0.3, 0.4) is 0 Å². The van der Waals surface area contributed by atoms with E-state index in [2.05, 4.69) is 31.3 Å². The smallest absolute Gasteiger partial charge is 0.303 e. The predicted molar refractivity (Wildman–Crippen MR) is 123 cm³/mol. The normalized spacial score (nSPS) is 26.6. The van der Waals surface area contributed by atoms with E-state index in [0.29, 0.717) is 29.7 Å². The van der Waals surface area contributed by atoms with Crippen molar-refractivity contribution in [1.82, 2.24) is 5.32 Å². The number of thiophene rings is 1. The fraction of sp³-hybridized carbons (Fsp3) is 0.520. The number of aliphatic carboxylic acids is 1. The Bertz CT molecular complexity index is 1010. The van der Waals surface area contributed by atoms with Gasteiger partial charge in [0.25, 0.3) is 5.91 Å². The zero-order valence-corrected chi connectivity index (χ0v) is 19.0. The standard InChI is InChI=1S/C25H31NO4S/c1-25(2)16-11-15(7-5-3-4-6-8-22(28)29)23(20(25)12-16)26-24(30)19-14-31-21-10-9-17(27)13-18(19)21/h3,5,9-10,13-16,20,23,27H,4,6-8,11-12H2,1-2H3,(H,26,30)(H,28,29)/b5-3+/t15-,16+,20+,23+/m0/s1. The van der Waals surface area contributed by atoms with E-state index in [1.54, 1.807) is 12.1 Å². The van der Waals surface area contributed by atoms with Gasteiger partial charge in [-0.2, -0.15) is 0 Å². The van der Waals surface area contributed by atoms with Gasteiger partial charge in [-0.25, -0.2) is 0 Å². The number of hydrogen-bond donors (Lipinski definition) is 3. The van der Waals surface area contributed by atoms with E-state index in [-0.39, 0.29) is 29.5 Å². The third-order valence-corrected chi connectivity index (χ3v) is 8.50. The van der Waals surface area contributed by atoms with Crippen molar-refractivity contribution in [3.63, 3.8) is 0 Å². The highest BCUT2D eigenvalue weighted by molar-refractivity contribution is 7.17. The van der Waals surface area contributed by atoms with E-state index in [0.717, 1.165) is 29.3 Å². The molecule has 3 aliphatic rings. The van der Waals surface area contributed by atoms with Gasteiger partial charge in [0.1, 0.15) is 5.75 Å². The number of hydrogen-bond acceptors (Lipinski definition) is 4. The van der Waals surface area contributed by atoms with Gasteiger partial charge < -0.3 is 15.5 Å². The number of rotatable bonds is 8. The molecule has 1 aromatic heterocycles. The van der Waals surface area contributed by atoms with Crippen LogP contribution in [-0.4, -0.2) is 28.1 Å². The number of carbonyl (C=O) groups is 2. The first-order chi connectivity index (χ1) is 14.8. The topological polar surface area (TPSA) is 86.6 Å². The number of unbranched alkanes of at least 4 members (excludes halogenated alkanes) is 1. The number of carboxylic acids is 1. The van der Waals surface area contributed by atoms with Crippen LogP contribution in [0.1, 0.15) is 62.7 Å². The number of fused-ring (bicyclic) bond motifs is 3. The maximum absolute atomic E-state index is 13.2. The van der Waals surface area contributed by atoms with Crippen molar-refractivity contribution < 1.29 is 19.8 Å². The van der Waals surface area contributed by atoms with Crippen molar-refractivity contribution in [1.29, 1.82) is 0 Å². The number of phenols is 1. The number of phenolic OH excluding ortho intramolecular Hbond substituents is 1. The molecule has 1 aromatic carbocycles. The lowest BCUT2D eigenvalue weighted by Crippen LogP contribution is -2.63. The fourth-order valence-corrected chi connectivity index (χ4v) is 6.47. The number of aromatic hydroxyl groups is 1. The van der Waals surface area contributed by atoms with Gasteiger partial charge >= 0.3 is 5.97 Å². The second-order valence-corrected chi connectivity index (χ2v) is 10.6. The molecule has 1 amide bonds. The van der Waals surface area contributed by atoms with Gasteiger partial charge in [-0.05, 0) is 73.5 Å². The molecule has 0 spiro atoms. The first kappa shape index (κ1) is 21.9. The quantitative estimate of drug-likeness (QED) is 0.368. The number of carbonyl (C=O) groups excluding carboxylic acids is 1. The fourth-order valence-electron chi connectivity index (χ4n) is 5.55. The van der Waals surface area contributed by atoms with Gasteiger partial charge in [-0.3, -0.25) is 9.59 Å². The molecule has 2 bridgehead atoms. The van der Waals surface area contributed by atoms with Crippen LogP contribution in [0.4, 0.5) is 0 Å². The summed E-state index contributed by atoms with van der Waals surface area (Å²) in [6.45, 7) is 4.64. The monoisotopic (exact) mass is 441 g/mol. The van der Waals surface area contributed by atoms with Crippen LogP contribution in [0, 0.1) is 23.2 Å². The van der Waals surface area contributed by atoms with Crippen LogP contribution < -0.4 is 5.32 Å². The third-order valence-electron chi connectivity index (χ3n) is 7.54. The Labute approximate surface area is 187 Å². The Morgan fingerprint density at radius 1 is 1.26 bits per heavy atom. The molecule has 0 saturated heterocycles. The van der Waals surface area contributed by atoms with E-state index < -0.39 is 5.97 Å². The summed E-state index contributed by atoms with van der Waals surface area (Å²) in [6.07, 6.45) is 9.08. The zero-order valence-electron chi connectivity index (χ0n) is 18.1. The number of nitrogens with one attached hydrogen (secondary N) is 1. The summed E-state index contributed by atoms with van der Waals surface area (Å²) in [6, 6.07) is 5.30. The highest BCUT2D eigenvalue weighted by atomic mass is 32.1. The van der Waals surface area contributed by atoms with Gasteiger partial charge in [-0.1, -0.05) is 26.0 Å². The summed E-state index contributed by atoms with van der Waals surface area (Å²) in [4.78, 5) is 23.9. The molecule has 5 nitrogen and oxygen atoms in total. The van der Waals surface area contributed by atoms with Crippen LogP contribution in [0.5, 0.6) is 5.75 Å². The summed E-state index contributed by atoms with van der Waals surface area (Å²) in [5, 5.41) is 24.7. The largest absolute Gasteiger partial charge is 0.508 e. The Morgan fingerprint density at radius 2 is 2.06 bits per heavy atom. The van der Waals surface area contributed by atoms with E-state index >= 15 is 0 Å². The first-order valence-electron chi connectivity index (χ1n) is 11.1. The Balaban J connectivity index is 1.46. The Hall–Kier alpha value is -2.34. The maximum atomic E-state index is 13.2. The number of benzene rings is 1. The van der Waals surface area contributed by atoms with Crippen molar-refractivity contribution in [3.8, 4) is 5.75 Å². The van der Waals surface area contributed by atoms with Crippen molar-refractivity contribution in [3.05, 3.63) is 41.3 Å². The van der Waals surface area contributed by atoms with Crippen LogP contribution in [0.2, 0.25) is 0 Å². The molecule has 31 heavy (non-hydrogen) atoms. The molecular formula is C25H31NO4S. The van der Waals surface area contributed by atoms with Crippen molar-refractivity contribution in [2.24, 2.45) is 23.2 Å². The molecule has 3 aliphatic carbocycles. The summed E-state index contributed by atoms with van der Waals surface area (Å²) in [5.41, 5.74) is 0.882. The number of amides is 1. The summed E-state index contributed by atoms with van der Waals surface area (Å²) < 4.78 is 0.997. The highest BCUT2D eigenvalue weighted by Crippen LogP contribution is 2.61. The predicted octanol–water partition coefficient (Wildman–Crippen LogP) is 5.59. The van der Waals surface area contributed by atoms with Crippen LogP contribution in [0.25, 0.3) is 10.1 Å². The molecule has 0 unspecified atom stereocenters. The molecule has 3 N–H and O–H groups in total. The molecule has 0 radical (unpaired) electrons. The second-order valence-electron chi connectivity index (χ2n) is 9.68. The van der Waals surface area contributed by atoms with E-state index in [1.165, 1.54) is 17.8 Å². The van der Waals surface area contributed by atoms with Gasteiger partial charge in [0.2, 0.25) is 0 Å². The maximum Gasteiger partial charge on any atom is 0.303 e. The van der Waals surface area contributed by atoms with Gasteiger partial charge in [0.15, 0.2) is 0 Å². The summed E-state index contributed by atoms with van der Waals surface area (Å²) in [7, 11) is 0. The molecule has 166 valence electrons. The molecule has 0 aliphatic heterocycles. The number of carboxylic acid groups (broad SMARTS) is 1. The molecule has 5 rings (SSSR count). The molecule has 3 saturated carbocycles. The lowest BCUT2D eigenvalue weighted by molar-refractivity contribution is -0.137. The third kappa shape index (κ3) is 4.36. The summed E-state index contributed by atoms with van der Waals surface area (Å²) in [5.74, 6) is 0.939. The van der Waals surface area contributed by atoms with Crippen molar-refractivity contribution >= 4 is 33.3 Å². The second kappa shape index (κ2) is 8.65. The Kier molecular flexibility index (Phi) is 6.11. The molecule has 2 aromatic rings. The minimum atomic E-state index is -0.750. The lowest BCUT2D eigenvalue weighted by atomic mass is 9.44. The SMILES string of the molecule is CC1(C)[C@@H]2C[C@H](C/C=C/CCCC(=O)O)[C@@H](NC(=O)c3csc4ccc(O)cc34)[C@H]1C2. The molecule has 3 fully saturated rings. The molecule has 4 atom stereocenters. The van der Waals surface area contributed by atoms with Crippen LogP contribution >= 0.6 is 11.3 Å². The van der Waals surface area contributed by atoms with Gasteiger partial charge in [0.05, 0.1) is 5.56 Å². The minimum absolute atomic E-state index is 0.0570. The van der Waals surface area contributed by atoms with Gasteiger partial charge in [0, 0.05) is 27.9 Å². The minimum Gasteiger partial charge on any atom is -0.508 e. The van der Waals surface area contributed by atoms with Crippen molar-refractivity contribution in [2.75, 3.05) is 0 Å². The van der Waals surface area contributed by atoms with Gasteiger partial charge in [-0.15, -0.1) is 11.3 Å². The van der Waals surface area contributed by atoms with Crippen LogP contribution in [0.15, 0.2) is 35.7 Å². The van der Waals surface area contributed by atoms with E-state index in [1.807, 2.05) is 11.4 Å². The van der Waals surface area contributed by atoms with Crippen molar-refractivity contribution in [2.45, 2.75) is 58.4 Å².